The fourth-order valence-electron chi connectivity index (χ4n) is 3.02. The first kappa shape index (κ1) is 18.0. The number of ether oxygens (including phenoxy) is 1. The zero-order valence-corrected chi connectivity index (χ0v) is 15.5. The summed E-state index contributed by atoms with van der Waals surface area (Å²) in [5.74, 6) is 0.862. The fraction of sp³-hybridized carbons (Fsp3) is 0.227. The average molecular weight is 349 g/mol. The predicted molar refractivity (Wildman–Crippen MR) is 106 cm³/mol. The summed E-state index contributed by atoms with van der Waals surface area (Å²) < 4.78 is 5.19. The molecule has 0 aliphatic carbocycles. The monoisotopic (exact) mass is 349 g/mol. The first-order valence-electron chi connectivity index (χ1n) is 8.82. The Labute approximate surface area is 154 Å². The summed E-state index contributed by atoms with van der Waals surface area (Å²) in [6.45, 7) is 2.73. The molecule has 134 valence electrons. The summed E-state index contributed by atoms with van der Waals surface area (Å²) in [6.07, 6.45) is 0. The minimum Gasteiger partial charge on any atom is -0.497 e. The summed E-state index contributed by atoms with van der Waals surface area (Å²) in [5.41, 5.74) is 2.03. The predicted octanol–water partition coefficient (Wildman–Crippen LogP) is 2.89. The molecule has 0 spiro atoms. The largest absolute Gasteiger partial charge is 0.497 e. The third kappa shape index (κ3) is 4.03. The van der Waals surface area contributed by atoms with Gasteiger partial charge in [0.25, 0.3) is 5.91 Å². The molecule has 0 aliphatic rings. The van der Waals surface area contributed by atoms with Crippen molar-refractivity contribution < 1.29 is 14.4 Å². The maximum absolute atomic E-state index is 12.7. The number of anilines is 1. The number of fused-ring (bicyclic) bond motifs is 1. The molecule has 3 aromatic rings. The van der Waals surface area contributed by atoms with Gasteiger partial charge in [-0.25, -0.2) is 0 Å². The first-order valence-corrected chi connectivity index (χ1v) is 8.82. The number of methoxy groups -OCH3 is 1. The molecule has 2 atom stereocenters. The van der Waals surface area contributed by atoms with E-state index in [1.807, 2.05) is 68.6 Å². The van der Waals surface area contributed by atoms with Crippen LogP contribution in [-0.4, -0.2) is 26.1 Å². The second kappa shape index (κ2) is 8.02. The summed E-state index contributed by atoms with van der Waals surface area (Å²) in [4.78, 5) is 13.9. The third-order valence-electron chi connectivity index (χ3n) is 4.82. The van der Waals surface area contributed by atoms with Crippen LogP contribution in [-0.2, 0) is 11.3 Å². The number of rotatable bonds is 6. The molecular weight excluding hydrogens is 324 g/mol. The number of hydrogen-bond acceptors (Lipinski definition) is 2. The molecule has 0 saturated carbocycles. The number of likely N-dealkylation sites (N-methyl/N-ethyl adjacent to an activating group) is 1. The van der Waals surface area contributed by atoms with Crippen LogP contribution in [0, 0.1) is 0 Å². The SMILES string of the molecule is COc1ccc(C[NH+](C)[C@H](C)C(=O)Nc2cccc3ccccc23)cc1. The highest BCUT2D eigenvalue weighted by Crippen LogP contribution is 2.22. The van der Waals surface area contributed by atoms with Crippen LogP contribution in [0.15, 0.2) is 66.7 Å². The number of carbonyl (C=O) groups excluding carboxylic acids is 1. The van der Waals surface area contributed by atoms with E-state index >= 15 is 0 Å². The van der Waals surface area contributed by atoms with Crippen molar-refractivity contribution in [1.29, 1.82) is 0 Å². The van der Waals surface area contributed by atoms with Gasteiger partial charge in [0.15, 0.2) is 6.04 Å². The summed E-state index contributed by atoms with van der Waals surface area (Å²) >= 11 is 0. The van der Waals surface area contributed by atoms with Crippen molar-refractivity contribution in [2.24, 2.45) is 0 Å². The Kier molecular flexibility index (Phi) is 5.54. The molecule has 0 radical (unpaired) electrons. The molecule has 0 bridgehead atoms. The maximum atomic E-state index is 12.7. The van der Waals surface area contributed by atoms with Gasteiger partial charge in [0.1, 0.15) is 12.3 Å². The van der Waals surface area contributed by atoms with Gasteiger partial charge >= 0.3 is 0 Å². The average Bonchev–Trinajstić information content (AvgIpc) is 2.68. The minimum atomic E-state index is -0.170. The number of nitrogens with one attached hydrogen (secondary N) is 2. The van der Waals surface area contributed by atoms with E-state index in [0.29, 0.717) is 0 Å². The Morgan fingerprint density at radius 1 is 1.04 bits per heavy atom. The van der Waals surface area contributed by atoms with Crippen molar-refractivity contribution in [3.05, 3.63) is 72.3 Å². The Morgan fingerprint density at radius 3 is 2.46 bits per heavy atom. The number of hydrogen-bond donors (Lipinski definition) is 2. The van der Waals surface area contributed by atoms with Crippen molar-refractivity contribution in [3.63, 3.8) is 0 Å². The van der Waals surface area contributed by atoms with E-state index in [4.69, 9.17) is 4.74 Å². The van der Waals surface area contributed by atoms with Crippen molar-refractivity contribution in [2.45, 2.75) is 19.5 Å². The smallest absolute Gasteiger partial charge is 0.282 e. The molecule has 0 aromatic heterocycles. The summed E-state index contributed by atoms with van der Waals surface area (Å²) in [5, 5.41) is 5.27. The molecule has 0 heterocycles. The second-order valence-electron chi connectivity index (χ2n) is 6.61. The molecule has 2 N–H and O–H groups in total. The number of quaternary nitrogens is 1. The van der Waals surface area contributed by atoms with Crippen LogP contribution in [0.2, 0.25) is 0 Å². The van der Waals surface area contributed by atoms with E-state index in [1.165, 1.54) is 5.56 Å². The van der Waals surface area contributed by atoms with E-state index in [9.17, 15) is 4.79 Å². The molecule has 4 nitrogen and oxygen atoms in total. The van der Waals surface area contributed by atoms with Gasteiger partial charge in [0.2, 0.25) is 0 Å². The minimum absolute atomic E-state index is 0.0207. The van der Waals surface area contributed by atoms with Crippen molar-refractivity contribution in [2.75, 3.05) is 19.5 Å². The first-order chi connectivity index (χ1) is 12.6. The summed E-state index contributed by atoms with van der Waals surface area (Å²) in [7, 11) is 3.70. The van der Waals surface area contributed by atoms with Crippen molar-refractivity contribution >= 4 is 22.4 Å². The lowest BCUT2D eigenvalue weighted by Gasteiger charge is -2.21. The third-order valence-corrected chi connectivity index (χ3v) is 4.82. The van der Waals surface area contributed by atoms with Gasteiger partial charge in [-0.05, 0) is 42.6 Å². The highest BCUT2D eigenvalue weighted by molar-refractivity contribution is 6.03. The molecule has 0 saturated heterocycles. The van der Waals surface area contributed by atoms with Gasteiger partial charge < -0.3 is 15.0 Å². The zero-order valence-electron chi connectivity index (χ0n) is 15.5. The topological polar surface area (TPSA) is 42.8 Å². The molecular formula is C22H25N2O2+. The normalized spacial score (nSPS) is 13.2. The molecule has 4 heteroatoms. The van der Waals surface area contributed by atoms with Gasteiger partial charge in [-0.15, -0.1) is 0 Å². The molecule has 26 heavy (non-hydrogen) atoms. The standard InChI is InChI=1S/C22H24N2O2/c1-16(24(2)15-17-11-13-19(26-3)14-12-17)22(25)23-21-10-6-8-18-7-4-5-9-20(18)21/h4-14,16H,15H2,1-3H3,(H,23,25)/p+1/t16-/m1/s1. The number of carbonyl (C=O) groups is 1. The lowest BCUT2D eigenvalue weighted by molar-refractivity contribution is -0.907. The fourth-order valence-corrected chi connectivity index (χ4v) is 3.02. The molecule has 1 unspecified atom stereocenters. The van der Waals surface area contributed by atoms with Gasteiger partial charge in [0, 0.05) is 16.6 Å². The Hall–Kier alpha value is -2.85. The Balaban J connectivity index is 1.68. The van der Waals surface area contributed by atoms with E-state index in [2.05, 4.69) is 17.4 Å². The van der Waals surface area contributed by atoms with Crippen LogP contribution in [0.1, 0.15) is 12.5 Å². The van der Waals surface area contributed by atoms with Crippen molar-refractivity contribution in [3.8, 4) is 5.75 Å². The molecule has 3 aromatic carbocycles. The van der Waals surface area contributed by atoms with Crippen LogP contribution in [0.5, 0.6) is 5.75 Å². The van der Waals surface area contributed by atoms with Gasteiger partial charge in [0.05, 0.1) is 14.2 Å². The lowest BCUT2D eigenvalue weighted by atomic mass is 10.1. The second-order valence-corrected chi connectivity index (χ2v) is 6.61. The Bertz CT molecular complexity index is 885. The van der Waals surface area contributed by atoms with Crippen LogP contribution in [0.25, 0.3) is 10.8 Å². The van der Waals surface area contributed by atoms with E-state index < -0.39 is 0 Å². The number of benzene rings is 3. The van der Waals surface area contributed by atoms with Crippen LogP contribution in [0.3, 0.4) is 0 Å². The van der Waals surface area contributed by atoms with Crippen LogP contribution in [0.4, 0.5) is 5.69 Å². The van der Waals surface area contributed by atoms with Gasteiger partial charge in [-0.2, -0.15) is 0 Å². The number of amides is 1. The molecule has 3 rings (SSSR count). The van der Waals surface area contributed by atoms with Gasteiger partial charge in [-0.1, -0.05) is 36.4 Å². The van der Waals surface area contributed by atoms with Gasteiger partial charge in [-0.3, -0.25) is 4.79 Å². The lowest BCUT2D eigenvalue weighted by Crippen LogP contribution is -3.12. The van der Waals surface area contributed by atoms with E-state index in [0.717, 1.165) is 33.7 Å². The molecule has 0 fully saturated rings. The zero-order chi connectivity index (χ0) is 18.5. The van der Waals surface area contributed by atoms with Crippen molar-refractivity contribution in [1.82, 2.24) is 0 Å². The Morgan fingerprint density at radius 2 is 1.73 bits per heavy atom. The summed E-state index contributed by atoms with van der Waals surface area (Å²) in [6, 6.07) is 21.8. The molecule has 1 amide bonds. The quantitative estimate of drug-likeness (QED) is 0.719. The van der Waals surface area contributed by atoms with E-state index in [1.54, 1.807) is 7.11 Å². The molecule has 0 aliphatic heterocycles. The maximum Gasteiger partial charge on any atom is 0.282 e. The van der Waals surface area contributed by atoms with Crippen LogP contribution < -0.4 is 15.0 Å². The van der Waals surface area contributed by atoms with E-state index in [-0.39, 0.29) is 11.9 Å². The van der Waals surface area contributed by atoms with Crippen LogP contribution >= 0.6 is 0 Å². The highest BCUT2D eigenvalue weighted by atomic mass is 16.5. The highest BCUT2D eigenvalue weighted by Gasteiger charge is 2.22.